The van der Waals surface area contributed by atoms with Crippen molar-refractivity contribution in [1.82, 2.24) is 29.3 Å². The Balaban J connectivity index is 1.24. The number of halogens is 1. The number of aromatic nitrogens is 3. The second kappa shape index (κ2) is 13.6. The fourth-order valence-corrected chi connectivity index (χ4v) is 7.74. The number of anilines is 1. The Bertz CT molecular complexity index is 1680. The molecule has 7 rings (SSSR count). The molecule has 0 aliphatic carbocycles. The van der Waals surface area contributed by atoms with Crippen molar-refractivity contribution in [3.63, 3.8) is 0 Å². The molecule has 6 heterocycles. The molecule has 4 aliphatic rings. The normalized spacial score (nSPS) is 26.6. The van der Waals surface area contributed by atoms with Crippen molar-refractivity contribution in [2.45, 2.75) is 70.3 Å². The van der Waals surface area contributed by atoms with E-state index in [1.807, 2.05) is 11.0 Å². The van der Waals surface area contributed by atoms with Crippen molar-refractivity contribution in [3.05, 3.63) is 63.5 Å². The quantitative estimate of drug-likeness (QED) is 0.385. The first-order chi connectivity index (χ1) is 23.1. The molecule has 0 spiro atoms. The topological polar surface area (TPSA) is 106 Å². The number of amides is 1. The number of morpholine rings is 1. The summed E-state index contributed by atoms with van der Waals surface area (Å²) >= 11 is 0. The molecule has 3 saturated heterocycles. The number of piperazine rings is 1. The number of hydrogen-bond acceptors (Lipinski definition) is 9. The predicted molar refractivity (Wildman–Crippen MR) is 179 cm³/mol. The van der Waals surface area contributed by atoms with Crippen LogP contribution in [0.1, 0.15) is 44.5 Å². The van der Waals surface area contributed by atoms with Gasteiger partial charge < -0.3 is 24.4 Å². The fraction of sp³-hybridized carbons (Fsp3) is 0.629. The largest absolute Gasteiger partial charge is 0.379 e. The maximum Gasteiger partial charge on any atom is 0.350 e. The van der Waals surface area contributed by atoms with Gasteiger partial charge in [0.1, 0.15) is 11.9 Å². The summed E-state index contributed by atoms with van der Waals surface area (Å²) in [5.41, 5.74) is 2.94. The molecule has 48 heavy (non-hydrogen) atoms. The lowest BCUT2D eigenvalue weighted by Gasteiger charge is -2.43. The zero-order valence-corrected chi connectivity index (χ0v) is 28.5. The van der Waals surface area contributed by atoms with Gasteiger partial charge >= 0.3 is 5.69 Å². The van der Waals surface area contributed by atoms with Crippen LogP contribution >= 0.6 is 0 Å². The molecule has 1 amide bonds. The van der Waals surface area contributed by atoms with Crippen LogP contribution in [0, 0.1) is 5.82 Å². The molecule has 13 heteroatoms. The average molecular weight is 666 g/mol. The Kier molecular flexibility index (Phi) is 9.44. The first-order valence-corrected chi connectivity index (χ1v) is 17.3. The van der Waals surface area contributed by atoms with Gasteiger partial charge in [0.25, 0.3) is 0 Å². The van der Waals surface area contributed by atoms with E-state index in [-0.39, 0.29) is 48.7 Å². The molecule has 260 valence electrons. The lowest BCUT2D eigenvalue weighted by molar-refractivity contribution is -0.121. The summed E-state index contributed by atoms with van der Waals surface area (Å²) in [5, 5.41) is 8.45. The highest BCUT2D eigenvalue weighted by Gasteiger charge is 2.43. The predicted octanol–water partition coefficient (Wildman–Crippen LogP) is 1.65. The highest BCUT2D eigenvalue weighted by atomic mass is 19.1. The number of carbonyl (C=O) groups excluding carboxylic acids is 1. The lowest BCUT2D eigenvalue weighted by Crippen LogP contribution is -2.62. The van der Waals surface area contributed by atoms with Crippen LogP contribution in [0.3, 0.4) is 0 Å². The molecular formula is C35H48FN7O5. The third-order valence-corrected chi connectivity index (χ3v) is 10.3. The molecule has 3 fully saturated rings. The Morgan fingerprint density at radius 2 is 1.85 bits per heavy atom. The molecule has 4 aliphatic heterocycles. The molecule has 12 nitrogen and oxygen atoms in total. The van der Waals surface area contributed by atoms with Crippen LogP contribution < -0.4 is 15.9 Å². The van der Waals surface area contributed by atoms with Gasteiger partial charge in [0.15, 0.2) is 5.65 Å². The minimum atomic E-state index is -0.515. The second-order valence-corrected chi connectivity index (χ2v) is 14.6. The number of pyridine rings is 1. The highest BCUT2D eigenvalue weighted by molar-refractivity contribution is 5.98. The van der Waals surface area contributed by atoms with Crippen molar-refractivity contribution in [2.75, 3.05) is 77.2 Å². The summed E-state index contributed by atoms with van der Waals surface area (Å²) in [4.78, 5) is 35.2. The van der Waals surface area contributed by atoms with Crippen LogP contribution in [0.25, 0.3) is 5.65 Å². The van der Waals surface area contributed by atoms with Gasteiger partial charge in [-0.2, -0.15) is 0 Å². The van der Waals surface area contributed by atoms with Gasteiger partial charge in [0, 0.05) is 68.2 Å². The SMILES string of the molecule is C[C@@H]1CN(CC(=O)N2CC(C)(C)c3c2cc(Cc2ccc(F)cc2)c2nn(C[C@@H]4COCCO4)c(=O)n32)[C@@H](CN2CCOC[C@H]2C)CN1. The van der Waals surface area contributed by atoms with E-state index >= 15 is 0 Å². The van der Waals surface area contributed by atoms with E-state index in [0.29, 0.717) is 44.5 Å². The zero-order valence-electron chi connectivity index (χ0n) is 28.5. The summed E-state index contributed by atoms with van der Waals surface area (Å²) in [6.07, 6.45) is 0.143. The fourth-order valence-electron chi connectivity index (χ4n) is 7.74. The zero-order chi connectivity index (χ0) is 33.6. The Hall–Kier alpha value is -3.20. The van der Waals surface area contributed by atoms with Gasteiger partial charge in [0.05, 0.1) is 57.5 Å². The maximum absolute atomic E-state index is 14.4. The van der Waals surface area contributed by atoms with E-state index in [1.165, 1.54) is 16.8 Å². The van der Waals surface area contributed by atoms with Crippen molar-refractivity contribution in [1.29, 1.82) is 0 Å². The third kappa shape index (κ3) is 6.68. The summed E-state index contributed by atoms with van der Waals surface area (Å²) < 4.78 is 34.1. The molecule has 0 bridgehead atoms. The van der Waals surface area contributed by atoms with E-state index in [4.69, 9.17) is 19.3 Å². The highest BCUT2D eigenvalue weighted by Crippen LogP contribution is 2.42. The van der Waals surface area contributed by atoms with Gasteiger partial charge in [0.2, 0.25) is 5.91 Å². The van der Waals surface area contributed by atoms with Gasteiger partial charge in [-0.05, 0) is 37.6 Å². The number of nitrogens with zero attached hydrogens (tertiary/aromatic N) is 6. The summed E-state index contributed by atoms with van der Waals surface area (Å²) in [6, 6.07) is 9.17. The maximum atomic E-state index is 14.4. The van der Waals surface area contributed by atoms with Crippen LogP contribution in [0.2, 0.25) is 0 Å². The molecular weight excluding hydrogens is 617 g/mol. The van der Waals surface area contributed by atoms with Crippen LogP contribution in [-0.2, 0) is 37.4 Å². The molecule has 1 N–H and O–H groups in total. The van der Waals surface area contributed by atoms with E-state index in [9.17, 15) is 14.0 Å². The monoisotopic (exact) mass is 665 g/mol. The Morgan fingerprint density at radius 1 is 1.06 bits per heavy atom. The summed E-state index contributed by atoms with van der Waals surface area (Å²) in [7, 11) is 0. The van der Waals surface area contributed by atoms with E-state index in [1.54, 1.807) is 16.5 Å². The van der Waals surface area contributed by atoms with Gasteiger partial charge in [-0.15, -0.1) is 5.10 Å². The standard InChI is InChI=1S/C35H48FN7O5/c1-23-16-40(28(15-37-23)17-39-9-10-46-20-24(39)2)19-31(44)41-22-35(3,4)32-30(41)14-26(13-25-5-7-27(36)8-6-25)33-38-42(34(45)43(32)33)18-29-21-47-11-12-48-29/h5-8,14,23-24,28-29,37H,9-13,15-22H2,1-4H3/t23-,24-,28-,29-/m1/s1. The number of fused-ring (bicyclic) bond motifs is 3. The van der Waals surface area contributed by atoms with E-state index < -0.39 is 5.41 Å². The van der Waals surface area contributed by atoms with Crippen LogP contribution in [-0.4, -0.2) is 126 Å². The Morgan fingerprint density at radius 3 is 2.60 bits per heavy atom. The van der Waals surface area contributed by atoms with Crippen LogP contribution in [0.15, 0.2) is 35.1 Å². The average Bonchev–Trinajstić information content (AvgIpc) is 3.53. The number of ether oxygens (including phenoxy) is 3. The van der Waals surface area contributed by atoms with Crippen molar-refractivity contribution < 1.29 is 23.4 Å². The number of carbonyl (C=O) groups is 1. The van der Waals surface area contributed by atoms with Gasteiger partial charge in [-0.25, -0.2) is 18.3 Å². The number of rotatable bonds is 8. The van der Waals surface area contributed by atoms with Gasteiger partial charge in [-0.1, -0.05) is 26.0 Å². The first-order valence-electron chi connectivity index (χ1n) is 17.3. The van der Waals surface area contributed by atoms with Crippen LogP contribution in [0.5, 0.6) is 0 Å². The van der Waals surface area contributed by atoms with Crippen molar-refractivity contribution >= 4 is 17.2 Å². The number of nitrogens with one attached hydrogen (secondary N) is 1. The summed E-state index contributed by atoms with van der Waals surface area (Å²) in [6.45, 7) is 15.7. The first kappa shape index (κ1) is 33.3. The van der Waals surface area contributed by atoms with E-state index in [2.05, 4.69) is 42.8 Å². The summed E-state index contributed by atoms with van der Waals surface area (Å²) in [5.74, 6) is -0.300. The minimum absolute atomic E-state index is 0.0104. The molecule has 2 aromatic heterocycles. The number of hydrogen-bond donors (Lipinski definition) is 1. The Labute approximate surface area is 280 Å². The number of benzene rings is 1. The third-order valence-electron chi connectivity index (χ3n) is 10.3. The van der Waals surface area contributed by atoms with Gasteiger partial charge in [-0.3, -0.25) is 14.6 Å². The molecule has 3 aromatic rings. The molecule has 1 aromatic carbocycles. The molecule has 0 unspecified atom stereocenters. The lowest BCUT2D eigenvalue weighted by atomic mass is 9.90. The smallest absolute Gasteiger partial charge is 0.350 e. The molecule has 0 radical (unpaired) electrons. The van der Waals surface area contributed by atoms with E-state index in [0.717, 1.165) is 61.9 Å². The van der Waals surface area contributed by atoms with Crippen molar-refractivity contribution in [3.8, 4) is 0 Å². The molecule has 4 atom stereocenters. The van der Waals surface area contributed by atoms with Crippen LogP contribution in [0.4, 0.5) is 10.1 Å². The molecule has 0 saturated carbocycles. The second-order valence-electron chi connectivity index (χ2n) is 14.6. The minimum Gasteiger partial charge on any atom is -0.379 e. The van der Waals surface area contributed by atoms with Crippen molar-refractivity contribution in [2.24, 2.45) is 0 Å².